The van der Waals surface area contributed by atoms with Crippen molar-refractivity contribution in [1.29, 1.82) is 0 Å². The molecular formula is C7H12N4O. The molecule has 0 aromatic carbocycles. The summed E-state index contributed by atoms with van der Waals surface area (Å²) in [5, 5.41) is 3.93. The summed E-state index contributed by atoms with van der Waals surface area (Å²) in [5.74, 6) is 0.672. The minimum absolute atomic E-state index is 0.0160. The lowest BCUT2D eigenvalue weighted by Gasteiger charge is -1.99. The Hall–Kier alpha value is -1.23. The Balaban J connectivity index is 2.68. The van der Waals surface area contributed by atoms with E-state index in [1.165, 1.54) is 6.33 Å². The Labute approximate surface area is 70.6 Å². The minimum atomic E-state index is -0.0160. The van der Waals surface area contributed by atoms with Gasteiger partial charge in [-0.15, -0.1) is 0 Å². The number of rotatable bonds is 4. The van der Waals surface area contributed by atoms with Crippen LogP contribution in [0.4, 0.5) is 0 Å². The fourth-order valence-corrected chi connectivity index (χ4v) is 0.938. The zero-order valence-corrected chi connectivity index (χ0v) is 7.03. The van der Waals surface area contributed by atoms with Crippen LogP contribution in [0.1, 0.15) is 12.7 Å². The maximum Gasteiger partial charge on any atom is 0.153 e. The van der Waals surface area contributed by atoms with E-state index in [4.69, 9.17) is 5.73 Å². The summed E-state index contributed by atoms with van der Waals surface area (Å²) >= 11 is 0. The zero-order chi connectivity index (χ0) is 8.97. The Morgan fingerprint density at radius 1 is 1.75 bits per heavy atom. The van der Waals surface area contributed by atoms with Gasteiger partial charge < -0.3 is 5.73 Å². The molecule has 0 aliphatic rings. The lowest BCUT2D eigenvalue weighted by Crippen LogP contribution is -2.18. The van der Waals surface area contributed by atoms with Gasteiger partial charge in [0.05, 0.1) is 13.0 Å². The second kappa shape index (κ2) is 3.96. The summed E-state index contributed by atoms with van der Waals surface area (Å²) in [6, 6.07) is 0. The zero-order valence-electron chi connectivity index (χ0n) is 7.03. The molecule has 1 heterocycles. The summed E-state index contributed by atoms with van der Waals surface area (Å²) in [6.07, 6.45) is 1.73. The van der Waals surface area contributed by atoms with Gasteiger partial charge in [0.2, 0.25) is 0 Å². The van der Waals surface area contributed by atoms with Gasteiger partial charge in [-0.25, -0.2) is 9.67 Å². The van der Waals surface area contributed by atoms with Gasteiger partial charge in [-0.3, -0.25) is 4.79 Å². The van der Waals surface area contributed by atoms with Crippen LogP contribution in [0.2, 0.25) is 0 Å². The number of hydrogen-bond acceptors (Lipinski definition) is 4. The van der Waals surface area contributed by atoms with Crippen molar-refractivity contribution < 1.29 is 4.79 Å². The predicted octanol–water partition coefficient (Wildman–Crippen LogP) is -0.632. The average Bonchev–Trinajstić information content (AvgIpc) is 2.51. The number of ketones is 1. The first-order valence-electron chi connectivity index (χ1n) is 3.86. The van der Waals surface area contributed by atoms with E-state index in [2.05, 4.69) is 10.1 Å². The van der Waals surface area contributed by atoms with E-state index >= 15 is 0 Å². The molecule has 0 amide bonds. The van der Waals surface area contributed by atoms with Crippen molar-refractivity contribution in [2.75, 3.05) is 6.54 Å². The molecule has 0 atom stereocenters. The molecule has 5 nitrogen and oxygen atoms in total. The van der Waals surface area contributed by atoms with E-state index in [9.17, 15) is 4.79 Å². The Morgan fingerprint density at radius 3 is 3.08 bits per heavy atom. The van der Waals surface area contributed by atoms with Gasteiger partial charge in [0.1, 0.15) is 12.2 Å². The number of nitrogens with two attached hydrogens (primary N) is 1. The molecule has 66 valence electrons. The van der Waals surface area contributed by atoms with Crippen LogP contribution in [0.3, 0.4) is 0 Å². The number of carbonyl (C=O) groups excluding carboxylic acids is 1. The van der Waals surface area contributed by atoms with Crippen LogP contribution in [0, 0.1) is 0 Å². The van der Waals surface area contributed by atoms with Crippen LogP contribution >= 0.6 is 0 Å². The number of carbonyl (C=O) groups is 1. The summed E-state index contributed by atoms with van der Waals surface area (Å²) < 4.78 is 1.69. The normalized spacial score (nSPS) is 10.2. The Bertz CT molecular complexity index is 268. The summed E-state index contributed by atoms with van der Waals surface area (Å²) in [4.78, 5) is 14.9. The molecule has 1 rings (SSSR count). The van der Waals surface area contributed by atoms with Gasteiger partial charge >= 0.3 is 0 Å². The van der Waals surface area contributed by atoms with Crippen LogP contribution in [0.5, 0.6) is 0 Å². The van der Waals surface area contributed by atoms with Gasteiger partial charge in [0.25, 0.3) is 0 Å². The molecule has 0 saturated carbocycles. The average molecular weight is 168 g/mol. The molecule has 0 bridgehead atoms. The molecule has 2 N–H and O–H groups in total. The summed E-state index contributed by atoms with van der Waals surface area (Å²) in [5.41, 5.74) is 5.17. The highest BCUT2D eigenvalue weighted by molar-refractivity contribution is 5.81. The van der Waals surface area contributed by atoms with E-state index in [0.717, 1.165) is 6.54 Å². The Morgan fingerprint density at radius 2 is 2.50 bits per heavy atom. The molecule has 1 aromatic heterocycles. The van der Waals surface area contributed by atoms with Gasteiger partial charge in [0.15, 0.2) is 5.78 Å². The highest BCUT2D eigenvalue weighted by Gasteiger charge is 2.06. The third kappa shape index (κ3) is 1.88. The molecule has 0 radical (unpaired) electrons. The number of hydrogen-bond donors (Lipinski definition) is 1. The van der Waals surface area contributed by atoms with Gasteiger partial charge in [0, 0.05) is 6.54 Å². The minimum Gasteiger partial charge on any atom is -0.324 e. The lowest BCUT2D eigenvalue weighted by atomic mass is 10.3. The maximum absolute atomic E-state index is 10.9. The largest absolute Gasteiger partial charge is 0.324 e. The van der Waals surface area contributed by atoms with E-state index < -0.39 is 0 Å². The van der Waals surface area contributed by atoms with Crippen molar-refractivity contribution in [3.63, 3.8) is 0 Å². The van der Waals surface area contributed by atoms with Crippen LogP contribution in [0.25, 0.3) is 0 Å². The van der Waals surface area contributed by atoms with Crippen molar-refractivity contribution in [2.45, 2.75) is 19.9 Å². The van der Waals surface area contributed by atoms with Crippen LogP contribution in [0.15, 0.2) is 6.33 Å². The highest BCUT2D eigenvalue weighted by Crippen LogP contribution is 1.95. The van der Waals surface area contributed by atoms with Crippen molar-refractivity contribution in [3.8, 4) is 0 Å². The first kappa shape index (κ1) is 8.86. The molecule has 1 aromatic rings. The molecule has 0 unspecified atom stereocenters. The molecular weight excluding hydrogens is 156 g/mol. The van der Waals surface area contributed by atoms with Crippen molar-refractivity contribution >= 4 is 5.78 Å². The molecule has 0 saturated heterocycles. The van der Waals surface area contributed by atoms with Crippen molar-refractivity contribution in [1.82, 2.24) is 14.8 Å². The van der Waals surface area contributed by atoms with E-state index in [1.807, 2.05) is 6.92 Å². The molecule has 0 spiro atoms. The molecule has 5 heteroatoms. The van der Waals surface area contributed by atoms with Crippen LogP contribution in [-0.4, -0.2) is 27.1 Å². The topological polar surface area (TPSA) is 73.8 Å². The third-order valence-corrected chi connectivity index (χ3v) is 1.58. The monoisotopic (exact) mass is 168 g/mol. The fourth-order valence-electron chi connectivity index (χ4n) is 0.938. The molecule has 12 heavy (non-hydrogen) atoms. The second-order valence-corrected chi connectivity index (χ2v) is 2.41. The predicted molar refractivity (Wildman–Crippen MR) is 43.5 cm³/mol. The van der Waals surface area contributed by atoms with E-state index in [-0.39, 0.29) is 18.7 Å². The van der Waals surface area contributed by atoms with E-state index in [1.54, 1.807) is 4.68 Å². The van der Waals surface area contributed by atoms with Gasteiger partial charge in [-0.1, -0.05) is 0 Å². The van der Waals surface area contributed by atoms with E-state index in [0.29, 0.717) is 5.82 Å². The van der Waals surface area contributed by atoms with Crippen LogP contribution < -0.4 is 5.73 Å². The quantitative estimate of drug-likeness (QED) is 0.649. The molecule has 0 fully saturated rings. The Kier molecular flexibility index (Phi) is 2.93. The molecule has 0 aliphatic carbocycles. The first-order valence-corrected chi connectivity index (χ1v) is 3.86. The number of Topliss-reactive ketones (excluding diaryl/α,β-unsaturated/α-hetero) is 1. The van der Waals surface area contributed by atoms with Crippen molar-refractivity contribution in [3.05, 3.63) is 12.2 Å². The lowest BCUT2D eigenvalue weighted by molar-refractivity contribution is -0.117. The summed E-state index contributed by atoms with van der Waals surface area (Å²) in [7, 11) is 0. The van der Waals surface area contributed by atoms with Gasteiger partial charge in [-0.2, -0.15) is 5.10 Å². The highest BCUT2D eigenvalue weighted by atomic mass is 16.1. The maximum atomic E-state index is 10.9. The first-order chi connectivity index (χ1) is 5.77. The number of aromatic nitrogens is 3. The van der Waals surface area contributed by atoms with Crippen molar-refractivity contribution in [2.24, 2.45) is 5.73 Å². The second-order valence-electron chi connectivity index (χ2n) is 2.41. The summed E-state index contributed by atoms with van der Waals surface area (Å²) in [6.45, 7) is 2.74. The van der Waals surface area contributed by atoms with Crippen LogP contribution in [-0.2, 0) is 17.8 Å². The van der Waals surface area contributed by atoms with Gasteiger partial charge in [-0.05, 0) is 6.92 Å². The third-order valence-electron chi connectivity index (χ3n) is 1.58. The number of nitrogens with zero attached hydrogens (tertiary/aromatic N) is 3. The SMILES string of the molecule is CCn1ncnc1CC(=O)CN. The smallest absolute Gasteiger partial charge is 0.153 e. The number of aryl methyl sites for hydroxylation is 1. The fraction of sp³-hybridized carbons (Fsp3) is 0.571. The standard InChI is InChI=1S/C7H12N4O/c1-2-11-7(9-5-10-11)3-6(12)4-8/h5H,2-4,8H2,1H3. The molecule has 0 aliphatic heterocycles.